The van der Waals surface area contributed by atoms with Gasteiger partial charge in [-0.1, -0.05) is 35.9 Å². The van der Waals surface area contributed by atoms with Crippen molar-refractivity contribution in [2.75, 3.05) is 13.4 Å². The Balaban J connectivity index is 1.25. The molecule has 2 aliphatic heterocycles. The molecule has 1 amide bonds. The minimum atomic E-state index is -0.637. The van der Waals surface area contributed by atoms with E-state index in [1.807, 2.05) is 31.2 Å². The molecule has 0 bridgehead atoms. The lowest BCUT2D eigenvalue weighted by Gasteiger charge is -2.19. The minimum absolute atomic E-state index is 0.177. The topological polar surface area (TPSA) is 90.6 Å². The summed E-state index contributed by atoms with van der Waals surface area (Å²) in [6, 6.07) is 16.4. The second-order valence-corrected chi connectivity index (χ2v) is 7.94. The van der Waals surface area contributed by atoms with Crippen LogP contribution < -0.4 is 9.47 Å². The van der Waals surface area contributed by atoms with Crippen LogP contribution in [0, 0.1) is 6.92 Å². The number of furan rings is 1. The maximum atomic E-state index is 12.9. The fourth-order valence-corrected chi connectivity index (χ4v) is 3.79. The summed E-state index contributed by atoms with van der Waals surface area (Å²) in [7, 11) is 0. The summed E-state index contributed by atoms with van der Waals surface area (Å²) in [6.07, 6.45) is 4.91. The van der Waals surface area contributed by atoms with Crippen molar-refractivity contribution in [1.82, 2.24) is 5.01 Å². The van der Waals surface area contributed by atoms with E-state index in [2.05, 4.69) is 5.10 Å². The van der Waals surface area contributed by atoms with Crippen LogP contribution in [0.5, 0.6) is 11.5 Å². The van der Waals surface area contributed by atoms with Crippen LogP contribution >= 0.6 is 0 Å². The summed E-state index contributed by atoms with van der Waals surface area (Å²) >= 11 is 0. The molecule has 0 radical (unpaired) electrons. The molecule has 172 valence electrons. The van der Waals surface area contributed by atoms with Gasteiger partial charge in [0.25, 0.3) is 5.91 Å². The highest BCUT2D eigenvalue weighted by molar-refractivity contribution is 6.03. The molecule has 5 rings (SSSR count). The molecule has 0 aliphatic carbocycles. The minimum Gasteiger partial charge on any atom is -0.467 e. The van der Waals surface area contributed by atoms with Gasteiger partial charge >= 0.3 is 5.97 Å². The molecular weight excluding hydrogens is 436 g/mol. The van der Waals surface area contributed by atoms with Crippen LogP contribution in [0.15, 0.2) is 76.5 Å². The summed E-state index contributed by atoms with van der Waals surface area (Å²) < 4.78 is 21.3. The zero-order valence-corrected chi connectivity index (χ0v) is 18.5. The Bertz CT molecular complexity index is 1260. The van der Waals surface area contributed by atoms with Gasteiger partial charge in [-0.05, 0) is 48.4 Å². The quantitative estimate of drug-likeness (QED) is 0.405. The first-order chi connectivity index (χ1) is 16.6. The first-order valence-electron chi connectivity index (χ1n) is 10.8. The molecular formula is C26H22N2O6. The van der Waals surface area contributed by atoms with Gasteiger partial charge in [-0.3, -0.25) is 4.79 Å². The predicted molar refractivity (Wildman–Crippen MR) is 123 cm³/mol. The first kappa shape index (κ1) is 21.5. The van der Waals surface area contributed by atoms with Crippen LogP contribution in [-0.2, 0) is 14.3 Å². The molecule has 34 heavy (non-hydrogen) atoms. The highest BCUT2D eigenvalue weighted by Gasteiger charge is 2.35. The molecule has 2 aliphatic rings. The molecule has 0 saturated carbocycles. The molecule has 0 spiro atoms. The van der Waals surface area contributed by atoms with Gasteiger partial charge in [0, 0.05) is 12.5 Å². The highest BCUT2D eigenvalue weighted by Crippen LogP contribution is 2.34. The molecule has 1 atom stereocenters. The molecule has 0 fully saturated rings. The van der Waals surface area contributed by atoms with Gasteiger partial charge in [-0.25, -0.2) is 9.80 Å². The van der Waals surface area contributed by atoms with Gasteiger partial charge in [-0.2, -0.15) is 5.10 Å². The number of hydrogen-bond acceptors (Lipinski definition) is 7. The maximum absolute atomic E-state index is 12.9. The molecule has 8 heteroatoms. The molecule has 8 nitrogen and oxygen atoms in total. The Hall–Kier alpha value is -4.33. The number of fused-ring (bicyclic) bond motifs is 1. The fraction of sp³-hybridized carbons (Fsp3) is 0.192. The lowest BCUT2D eigenvalue weighted by molar-refractivity contribution is -0.149. The molecule has 1 unspecified atom stereocenters. The van der Waals surface area contributed by atoms with Gasteiger partial charge in [0.15, 0.2) is 18.1 Å². The number of hydrogen-bond donors (Lipinski definition) is 0. The number of nitrogens with zero attached hydrogens (tertiary/aromatic N) is 2. The van der Waals surface area contributed by atoms with Crippen LogP contribution in [0.4, 0.5) is 0 Å². The largest absolute Gasteiger partial charge is 0.467 e. The number of carbonyl (C=O) groups excluding carboxylic acids is 2. The van der Waals surface area contributed by atoms with E-state index in [4.69, 9.17) is 18.6 Å². The summed E-state index contributed by atoms with van der Waals surface area (Å²) in [5, 5.41) is 5.87. The van der Waals surface area contributed by atoms with Crippen molar-refractivity contribution >= 4 is 23.7 Å². The van der Waals surface area contributed by atoms with E-state index in [-0.39, 0.29) is 6.79 Å². The number of ether oxygens (including phenoxy) is 3. The normalized spacial score (nSPS) is 16.7. The van der Waals surface area contributed by atoms with Crippen LogP contribution in [-0.4, -0.2) is 36.0 Å². The molecule has 3 aromatic rings. The third-order valence-corrected chi connectivity index (χ3v) is 5.57. The third kappa shape index (κ3) is 4.56. The second kappa shape index (κ2) is 9.27. The van der Waals surface area contributed by atoms with E-state index in [9.17, 15) is 9.59 Å². The SMILES string of the molecule is Cc1ccc(C2=NN(C(=O)COC(=O)/C=C/c3ccc4c(c3)OCO4)C(c3ccco3)C2)cc1. The molecule has 1 aromatic heterocycles. The fourth-order valence-electron chi connectivity index (χ4n) is 3.79. The Morgan fingerprint density at radius 1 is 1.12 bits per heavy atom. The van der Waals surface area contributed by atoms with E-state index >= 15 is 0 Å². The molecule has 2 aromatic carbocycles. The van der Waals surface area contributed by atoms with Crippen LogP contribution in [0.2, 0.25) is 0 Å². The van der Waals surface area contributed by atoms with Crippen LogP contribution in [0.3, 0.4) is 0 Å². The zero-order chi connectivity index (χ0) is 23.5. The third-order valence-electron chi connectivity index (χ3n) is 5.57. The number of amides is 1. The van der Waals surface area contributed by atoms with Crippen molar-refractivity contribution in [2.24, 2.45) is 5.10 Å². The van der Waals surface area contributed by atoms with Crippen molar-refractivity contribution in [1.29, 1.82) is 0 Å². The van der Waals surface area contributed by atoms with Gasteiger partial charge in [0.2, 0.25) is 6.79 Å². The summed E-state index contributed by atoms with van der Waals surface area (Å²) in [5.41, 5.74) is 3.58. The Labute approximate surface area is 196 Å². The smallest absolute Gasteiger partial charge is 0.331 e. The van der Waals surface area contributed by atoms with Gasteiger partial charge in [-0.15, -0.1) is 0 Å². The summed E-state index contributed by atoms with van der Waals surface area (Å²) in [4.78, 5) is 25.1. The summed E-state index contributed by atoms with van der Waals surface area (Å²) in [6.45, 7) is 1.75. The predicted octanol–water partition coefficient (Wildman–Crippen LogP) is 4.25. The number of esters is 1. The van der Waals surface area contributed by atoms with Crippen LogP contribution in [0.25, 0.3) is 6.08 Å². The molecule has 0 N–H and O–H groups in total. The monoisotopic (exact) mass is 458 g/mol. The van der Waals surface area contributed by atoms with E-state index in [0.29, 0.717) is 23.7 Å². The number of carbonyl (C=O) groups is 2. The Kier molecular flexibility index (Phi) is 5.86. The van der Waals surface area contributed by atoms with E-state index < -0.39 is 24.5 Å². The van der Waals surface area contributed by atoms with Gasteiger partial charge in [0.05, 0.1) is 12.0 Å². The van der Waals surface area contributed by atoms with E-state index in [1.54, 1.807) is 42.7 Å². The summed E-state index contributed by atoms with van der Waals surface area (Å²) in [5.74, 6) is 0.822. The van der Waals surface area contributed by atoms with Crippen LogP contribution in [0.1, 0.15) is 34.9 Å². The van der Waals surface area contributed by atoms with Gasteiger partial charge in [0.1, 0.15) is 11.8 Å². The number of aryl methyl sites for hydroxylation is 1. The molecule has 3 heterocycles. The maximum Gasteiger partial charge on any atom is 0.331 e. The number of benzene rings is 2. The number of hydrazone groups is 1. The van der Waals surface area contributed by atoms with E-state index in [1.165, 1.54) is 11.1 Å². The molecule has 0 saturated heterocycles. The first-order valence-corrected chi connectivity index (χ1v) is 10.8. The second-order valence-electron chi connectivity index (χ2n) is 7.94. The van der Waals surface area contributed by atoms with Crippen molar-refractivity contribution in [3.63, 3.8) is 0 Å². The average molecular weight is 458 g/mol. The lowest BCUT2D eigenvalue weighted by atomic mass is 10.0. The number of rotatable bonds is 6. The highest BCUT2D eigenvalue weighted by atomic mass is 16.7. The van der Waals surface area contributed by atoms with Gasteiger partial charge < -0.3 is 18.6 Å². The Morgan fingerprint density at radius 2 is 1.94 bits per heavy atom. The van der Waals surface area contributed by atoms with Crippen molar-refractivity contribution in [3.05, 3.63) is 89.4 Å². The van der Waals surface area contributed by atoms with Crippen molar-refractivity contribution in [2.45, 2.75) is 19.4 Å². The zero-order valence-electron chi connectivity index (χ0n) is 18.5. The standard InChI is InChI=1S/C26H22N2O6/c1-17-4-8-19(9-5-17)20-14-21(22-3-2-12-31-22)28(27-20)25(29)15-32-26(30)11-7-18-6-10-23-24(13-18)34-16-33-23/h2-13,21H,14-16H2,1H3/b11-7+. The lowest BCUT2D eigenvalue weighted by Crippen LogP contribution is -2.31. The van der Waals surface area contributed by atoms with Crippen molar-refractivity contribution < 1.29 is 28.2 Å². The Morgan fingerprint density at radius 3 is 2.74 bits per heavy atom. The van der Waals surface area contributed by atoms with Crippen molar-refractivity contribution in [3.8, 4) is 11.5 Å². The average Bonchev–Trinajstić information content (AvgIpc) is 3.61. The van der Waals surface area contributed by atoms with E-state index in [0.717, 1.165) is 22.4 Å².